The van der Waals surface area contributed by atoms with E-state index in [2.05, 4.69) is 20.4 Å². The normalized spacial score (nSPS) is 8.22. The largest absolute Gasteiger partial charge is 0.0991 e. The summed E-state index contributed by atoms with van der Waals surface area (Å²) < 4.78 is 0. The lowest BCUT2D eigenvalue weighted by Gasteiger charge is -1.78. The second kappa shape index (κ2) is 7.22. The Balaban J connectivity index is 0. The van der Waals surface area contributed by atoms with E-state index in [0.29, 0.717) is 0 Å². The number of rotatable bonds is 2. The van der Waals surface area contributed by atoms with Crippen molar-refractivity contribution in [3.05, 3.63) is 36.5 Å². The van der Waals surface area contributed by atoms with Crippen LogP contribution < -0.4 is 0 Å². The molecule has 0 fully saturated rings. The third kappa shape index (κ3) is 11.0. The molecule has 0 spiro atoms. The van der Waals surface area contributed by atoms with Gasteiger partial charge in [0.05, 0.1) is 0 Å². The molecule has 0 aromatic rings. The Hall–Kier alpha value is -0.780. The molecular weight excluding hydrogens is 108 g/mol. The first kappa shape index (κ1) is 11.1. The van der Waals surface area contributed by atoms with Crippen molar-refractivity contribution in [2.45, 2.75) is 21.3 Å². The molecule has 52 valence electrons. The third-order valence-electron chi connectivity index (χ3n) is 0.677. The van der Waals surface area contributed by atoms with Crippen molar-refractivity contribution in [2.75, 3.05) is 0 Å². The van der Waals surface area contributed by atoms with Gasteiger partial charge in [-0.15, -0.1) is 0 Å². The SMILES string of the molecule is C.C=C/C=C\C=C(C)C. The summed E-state index contributed by atoms with van der Waals surface area (Å²) in [6.45, 7) is 7.67. The molecule has 0 saturated carbocycles. The summed E-state index contributed by atoms with van der Waals surface area (Å²) >= 11 is 0. The summed E-state index contributed by atoms with van der Waals surface area (Å²) in [5.74, 6) is 0. The van der Waals surface area contributed by atoms with Gasteiger partial charge in [0.2, 0.25) is 0 Å². The van der Waals surface area contributed by atoms with Gasteiger partial charge in [0, 0.05) is 0 Å². The number of allylic oxidation sites excluding steroid dienone is 5. The molecule has 9 heavy (non-hydrogen) atoms. The van der Waals surface area contributed by atoms with E-state index in [1.807, 2.05) is 18.2 Å². The van der Waals surface area contributed by atoms with Crippen LogP contribution in [0.25, 0.3) is 0 Å². The van der Waals surface area contributed by atoms with Crippen LogP contribution in [0.1, 0.15) is 21.3 Å². The molecule has 0 saturated heterocycles. The summed E-state index contributed by atoms with van der Waals surface area (Å²) in [4.78, 5) is 0. The average molecular weight is 124 g/mol. The minimum absolute atomic E-state index is 0. The zero-order chi connectivity index (χ0) is 6.41. The Labute approximate surface area is 58.6 Å². The van der Waals surface area contributed by atoms with E-state index in [1.165, 1.54) is 5.57 Å². The van der Waals surface area contributed by atoms with Crippen molar-refractivity contribution >= 4 is 0 Å². The minimum Gasteiger partial charge on any atom is -0.0991 e. The van der Waals surface area contributed by atoms with Crippen molar-refractivity contribution in [1.29, 1.82) is 0 Å². The van der Waals surface area contributed by atoms with E-state index in [4.69, 9.17) is 0 Å². The first-order valence-electron chi connectivity index (χ1n) is 2.70. The van der Waals surface area contributed by atoms with Crippen LogP contribution in [0.4, 0.5) is 0 Å². The first-order valence-corrected chi connectivity index (χ1v) is 2.70. The zero-order valence-corrected chi connectivity index (χ0v) is 5.52. The van der Waals surface area contributed by atoms with Crippen LogP contribution in [0.15, 0.2) is 36.5 Å². The molecule has 0 aromatic carbocycles. The standard InChI is InChI=1S/C8H12.CH4/c1-4-5-6-7-8(2)3;/h4-7H,1H2,2-3H3;1H4/b6-5-;. The lowest BCUT2D eigenvalue weighted by molar-refractivity contribution is 1.39. The van der Waals surface area contributed by atoms with Crippen molar-refractivity contribution in [3.8, 4) is 0 Å². The van der Waals surface area contributed by atoms with E-state index in [1.54, 1.807) is 6.08 Å². The molecule has 0 heteroatoms. The highest BCUT2D eigenvalue weighted by atomic mass is 13.7. The Bertz CT molecular complexity index is 112. The highest BCUT2D eigenvalue weighted by Gasteiger charge is 1.66. The van der Waals surface area contributed by atoms with E-state index in [9.17, 15) is 0 Å². The highest BCUT2D eigenvalue weighted by molar-refractivity contribution is 5.12. The first-order chi connectivity index (χ1) is 3.77. The molecule has 0 unspecified atom stereocenters. The van der Waals surface area contributed by atoms with E-state index in [0.717, 1.165) is 0 Å². The van der Waals surface area contributed by atoms with Crippen LogP contribution in [-0.4, -0.2) is 0 Å². The molecule has 0 amide bonds. The Morgan fingerprint density at radius 1 is 1.22 bits per heavy atom. The minimum atomic E-state index is 0. The number of hydrogen-bond donors (Lipinski definition) is 0. The fourth-order valence-electron chi connectivity index (χ4n) is 0.327. The van der Waals surface area contributed by atoms with Gasteiger partial charge in [0.15, 0.2) is 0 Å². The van der Waals surface area contributed by atoms with Gasteiger partial charge in [-0.05, 0) is 13.8 Å². The molecule has 0 aliphatic rings. The van der Waals surface area contributed by atoms with Gasteiger partial charge in [0.1, 0.15) is 0 Å². The fourth-order valence-corrected chi connectivity index (χ4v) is 0.327. The van der Waals surface area contributed by atoms with Gasteiger partial charge >= 0.3 is 0 Å². The van der Waals surface area contributed by atoms with Crippen LogP contribution in [0.3, 0.4) is 0 Å². The predicted molar refractivity (Wildman–Crippen MR) is 45.5 cm³/mol. The summed E-state index contributed by atoms with van der Waals surface area (Å²) in [5.41, 5.74) is 1.31. The summed E-state index contributed by atoms with van der Waals surface area (Å²) in [7, 11) is 0. The molecule has 0 aliphatic carbocycles. The lowest BCUT2D eigenvalue weighted by Crippen LogP contribution is -1.56. The van der Waals surface area contributed by atoms with Gasteiger partial charge in [-0.1, -0.05) is 43.9 Å². The van der Waals surface area contributed by atoms with Gasteiger partial charge in [-0.25, -0.2) is 0 Å². The zero-order valence-electron chi connectivity index (χ0n) is 5.52. The van der Waals surface area contributed by atoms with Gasteiger partial charge < -0.3 is 0 Å². The van der Waals surface area contributed by atoms with E-state index in [-0.39, 0.29) is 7.43 Å². The van der Waals surface area contributed by atoms with Crippen LogP contribution >= 0.6 is 0 Å². The Morgan fingerprint density at radius 2 is 1.78 bits per heavy atom. The lowest BCUT2D eigenvalue weighted by atomic mass is 10.3. The van der Waals surface area contributed by atoms with Crippen LogP contribution in [-0.2, 0) is 0 Å². The molecule has 0 atom stereocenters. The van der Waals surface area contributed by atoms with E-state index >= 15 is 0 Å². The summed E-state index contributed by atoms with van der Waals surface area (Å²) in [6.07, 6.45) is 7.69. The van der Waals surface area contributed by atoms with Crippen molar-refractivity contribution in [3.63, 3.8) is 0 Å². The second-order valence-corrected chi connectivity index (χ2v) is 1.86. The third-order valence-corrected chi connectivity index (χ3v) is 0.677. The smallest absolute Gasteiger partial charge is 0.0439 e. The van der Waals surface area contributed by atoms with Crippen LogP contribution in [0, 0.1) is 0 Å². The van der Waals surface area contributed by atoms with Crippen LogP contribution in [0.5, 0.6) is 0 Å². The van der Waals surface area contributed by atoms with E-state index < -0.39 is 0 Å². The molecule has 0 rings (SSSR count). The average Bonchev–Trinajstić information content (AvgIpc) is 1.66. The summed E-state index contributed by atoms with van der Waals surface area (Å²) in [5, 5.41) is 0. The second-order valence-electron chi connectivity index (χ2n) is 1.86. The molecule has 0 N–H and O–H groups in total. The van der Waals surface area contributed by atoms with Gasteiger partial charge in [-0.3, -0.25) is 0 Å². The summed E-state index contributed by atoms with van der Waals surface area (Å²) in [6, 6.07) is 0. The molecular formula is C9H16. The molecule has 0 aromatic heterocycles. The fraction of sp³-hybridized carbons (Fsp3) is 0.333. The number of hydrogen-bond acceptors (Lipinski definition) is 0. The predicted octanol–water partition coefficient (Wildman–Crippen LogP) is 3.33. The highest BCUT2D eigenvalue weighted by Crippen LogP contribution is 1.87. The van der Waals surface area contributed by atoms with Gasteiger partial charge in [0.25, 0.3) is 0 Å². The Morgan fingerprint density at radius 3 is 2.11 bits per heavy atom. The molecule has 0 heterocycles. The monoisotopic (exact) mass is 124 g/mol. The maximum atomic E-state index is 3.54. The molecule has 0 aliphatic heterocycles. The Kier molecular flexibility index (Phi) is 8.89. The van der Waals surface area contributed by atoms with Crippen molar-refractivity contribution < 1.29 is 0 Å². The topological polar surface area (TPSA) is 0 Å². The maximum Gasteiger partial charge on any atom is -0.0439 e. The van der Waals surface area contributed by atoms with Crippen molar-refractivity contribution in [1.82, 2.24) is 0 Å². The molecule has 0 bridgehead atoms. The van der Waals surface area contributed by atoms with Crippen LogP contribution in [0.2, 0.25) is 0 Å². The maximum absolute atomic E-state index is 3.54. The van der Waals surface area contributed by atoms with Gasteiger partial charge in [-0.2, -0.15) is 0 Å². The quantitative estimate of drug-likeness (QED) is 0.495. The molecule has 0 radical (unpaired) electrons. The van der Waals surface area contributed by atoms with Crippen molar-refractivity contribution in [2.24, 2.45) is 0 Å². The molecule has 0 nitrogen and oxygen atoms in total.